The van der Waals surface area contributed by atoms with Gasteiger partial charge in [-0.3, -0.25) is 9.30 Å². The van der Waals surface area contributed by atoms with Crippen molar-refractivity contribution in [3.05, 3.63) is 65.2 Å². The predicted octanol–water partition coefficient (Wildman–Crippen LogP) is 3.71. The Kier molecular flexibility index (Phi) is 5.56. The van der Waals surface area contributed by atoms with Gasteiger partial charge in [0.25, 0.3) is 0 Å². The van der Waals surface area contributed by atoms with Crippen LogP contribution >= 0.6 is 11.8 Å². The summed E-state index contributed by atoms with van der Waals surface area (Å²) < 4.78 is 7.48. The van der Waals surface area contributed by atoms with E-state index in [4.69, 9.17) is 4.74 Å². The quantitative estimate of drug-likeness (QED) is 0.467. The molecule has 5 rings (SSSR count). The molecule has 160 valence electrons. The van der Waals surface area contributed by atoms with Gasteiger partial charge in [0.15, 0.2) is 10.8 Å². The van der Waals surface area contributed by atoms with Crippen LogP contribution in [-0.4, -0.2) is 56.7 Å². The van der Waals surface area contributed by atoms with Crippen molar-refractivity contribution < 1.29 is 9.84 Å². The molecule has 0 fully saturated rings. The van der Waals surface area contributed by atoms with Crippen molar-refractivity contribution in [2.75, 3.05) is 26.0 Å². The van der Waals surface area contributed by atoms with E-state index in [0.29, 0.717) is 12.3 Å². The first-order valence-corrected chi connectivity index (χ1v) is 11.5. The summed E-state index contributed by atoms with van der Waals surface area (Å²) in [4.78, 5) is 2.33. The average molecular weight is 435 g/mol. The van der Waals surface area contributed by atoms with Crippen molar-refractivity contribution in [3.8, 4) is 5.75 Å². The molecule has 1 N–H and O–H groups in total. The van der Waals surface area contributed by atoms with E-state index >= 15 is 0 Å². The summed E-state index contributed by atoms with van der Waals surface area (Å²) in [6.45, 7) is 4.62. The van der Waals surface area contributed by atoms with Crippen LogP contribution in [0.25, 0.3) is 16.6 Å². The van der Waals surface area contributed by atoms with E-state index in [2.05, 4.69) is 56.8 Å². The second-order valence-electron chi connectivity index (χ2n) is 8.11. The maximum atomic E-state index is 10.7. The molecule has 4 aromatic rings. The number of ether oxygens (including phenoxy) is 1. The Morgan fingerprint density at radius 2 is 1.97 bits per heavy atom. The molecule has 2 aromatic carbocycles. The standard InChI is InChI=1S/C24H26N4O2S/c1-16-11-23-25-26-24(28(23)22-12-20(30-2)7-8-21(16)22)31-15-19(29)14-27-10-9-17-5-3-4-6-18(17)13-27/h3-8,11-12,19,29H,9-10,13-15H2,1-2H3. The molecule has 1 aliphatic heterocycles. The number of benzene rings is 2. The highest BCUT2D eigenvalue weighted by atomic mass is 32.2. The fourth-order valence-corrected chi connectivity index (χ4v) is 5.22. The lowest BCUT2D eigenvalue weighted by molar-refractivity contribution is 0.122. The van der Waals surface area contributed by atoms with Crippen molar-refractivity contribution in [3.63, 3.8) is 0 Å². The van der Waals surface area contributed by atoms with Crippen molar-refractivity contribution in [1.82, 2.24) is 19.5 Å². The number of aryl methyl sites for hydroxylation is 1. The van der Waals surface area contributed by atoms with Crippen LogP contribution in [0.4, 0.5) is 0 Å². The molecule has 0 bridgehead atoms. The molecule has 0 saturated heterocycles. The number of rotatable bonds is 6. The van der Waals surface area contributed by atoms with E-state index in [1.807, 2.05) is 18.2 Å². The van der Waals surface area contributed by atoms with Crippen molar-refractivity contribution in [2.24, 2.45) is 0 Å². The summed E-state index contributed by atoms with van der Waals surface area (Å²) in [6, 6.07) is 16.7. The first kappa shape index (κ1) is 20.3. The first-order valence-electron chi connectivity index (χ1n) is 10.5. The Morgan fingerprint density at radius 3 is 2.81 bits per heavy atom. The Morgan fingerprint density at radius 1 is 1.13 bits per heavy atom. The number of aliphatic hydroxyl groups is 1. The van der Waals surface area contributed by atoms with Crippen LogP contribution in [0.15, 0.2) is 53.7 Å². The number of fused-ring (bicyclic) bond motifs is 4. The Labute approximate surface area is 185 Å². The fourth-order valence-electron chi connectivity index (χ4n) is 4.35. The number of hydrogen-bond acceptors (Lipinski definition) is 6. The van der Waals surface area contributed by atoms with Crippen molar-refractivity contribution in [2.45, 2.75) is 31.1 Å². The molecule has 31 heavy (non-hydrogen) atoms. The van der Waals surface area contributed by atoms with Crippen LogP contribution < -0.4 is 4.74 Å². The number of β-amino-alcohol motifs (C(OH)–C–C–N with tert-alkyl or cyclic N) is 1. The number of nitrogens with zero attached hydrogens (tertiary/aromatic N) is 4. The van der Waals surface area contributed by atoms with Gasteiger partial charge in [-0.1, -0.05) is 36.0 Å². The zero-order valence-corrected chi connectivity index (χ0v) is 18.6. The van der Waals surface area contributed by atoms with Crippen LogP contribution in [0.2, 0.25) is 0 Å². The van der Waals surface area contributed by atoms with Gasteiger partial charge in [0, 0.05) is 36.8 Å². The van der Waals surface area contributed by atoms with Gasteiger partial charge in [0.2, 0.25) is 0 Å². The minimum Gasteiger partial charge on any atom is -0.497 e. The summed E-state index contributed by atoms with van der Waals surface area (Å²) in [5, 5.41) is 21.4. The van der Waals surface area contributed by atoms with E-state index in [1.54, 1.807) is 18.9 Å². The van der Waals surface area contributed by atoms with Crippen LogP contribution in [0.5, 0.6) is 5.75 Å². The molecule has 0 aliphatic carbocycles. The number of thioether (sulfide) groups is 1. The highest BCUT2D eigenvalue weighted by molar-refractivity contribution is 7.99. The number of aliphatic hydroxyl groups excluding tert-OH is 1. The molecule has 0 amide bonds. The summed E-state index contributed by atoms with van der Waals surface area (Å²) in [7, 11) is 1.67. The Balaban J connectivity index is 1.32. The first-order chi connectivity index (χ1) is 15.1. The maximum absolute atomic E-state index is 10.7. The Hall–Kier alpha value is -2.61. The van der Waals surface area contributed by atoms with Crippen LogP contribution in [0.1, 0.15) is 16.7 Å². The monoisotopic (exact) mass is 434 g/mol. The number of hydrogen-bond donors (Lipinski definition) is 1. The SMILES string of the molecule is COc1ccc2c(C)cc3nnc(SCC(O)CN4CCc5ccccc5C4)n3c2c1. The molecule has 7 heteroatoms. The van der Waals surface area contributed by atoms with Crippen LogP contribution in [0.3, 0.4) is 0 Å². The van der Waals surface area contributed by atoms with E-state index in [0.717, 1.165) is 52.5 Å². The van der Waals surface area contributed by atoms with E-state index in [9.17, 15) is 5.11 Å². The van der Waals surface area contributed by atoms with Gasteiger partial charge in [-0.15, -0.1) is 10.2 Å². The van der Waals surface area contributed by atoms with E-state index in [-0.39, 0.29) is 0 Å². The van der Waals surface area contributed by atoms with Crippen molar-refractivity contribution in [1.29, 1.82) is 0 Å². The normalized spacial score (nSPS) is 15.3. The summed E-state index contributed by atoms with van der Waals surface area (Å²) in [5.41, 5.74) is 5.77. The molecular weight excluding hydrogens is 408 g/mol. The van der Waals surface area contributed by atoms with Gasteiger partial charge in [-0.2, -0.15) is 0 Å². The Bertz CT molecular complexity index is 1240. The molecule has 3 heterocycles. The zero-order chi connectivity index (χ0) is 21.4. The second-order valence-corrected chi connectivity index (χ2v) is 9.09. The lowest BCUT2D eigenvalue weighted by atomic mass is 10.00. The molecule has 1 aliphatic rings. The van der Waals surface area contributed by atoms with Gasteiger partial charge in [0.1, 0.15) is 5.75 Å². The molecule has 1 unspecified atom stereocenters. The summed E-state index contributed by atoms with van der Waals surface area (Å²) in [5.74, 6) is 1.37. The van der Waals surface area contributed by atoms with Gasteiger partial charge < -0.3 is 9.84 Å². The lowest BCUT2D eigenvalue weighted by Crippen LogP contribution is -2.37. The smallest absolute Gasteiger partial charge is 0.196 e. The minimum absolute atomic E-state index is 0.436. The van der Waals surface area contributed by atoms with Crippen LogP contribution in [-0.2, 0) is 13.0 Å². The minimum atomic E-state index is -0.436. The maximum Gasteiger partial charge on any atom is 0.196 e. The third-order valence-electron chi connectivity index (χ3n) is 5.96. The molecule has 0 radical (unpaired) electrons. The van der Waals surface area contributed by atoms with Gasteiger partial charge in [-0.05, 0) is 48.2 Å². The molecule has 0 saturated carbocycles. The van der Waals surface area contributed by atoms with Gasteiger partial charge >= 0.3 is 0 Å². The fraction of sp³-hybridized carbons (Fsp3) is 0.333. The third-order valence-corrected chi connectivity index (χ3v) is 7.03. The second kappa shape index (κ2) is 8.49. The van der Waals surface area contributed by atoms with E-state index < -0.39 is 6.10 Å². The average Bonchev–Trinajstić information content (AvgIpc) is 3.20. The number of pyridine rings is 1. The molecule has 6 nitrogen and oxygen atoms in total. The largest absolute Gasteiger partial charge is 0.497 e. The third kappa shape index (κ3) is 4.01. The highest BCUT2D eigenvalue weighted by Gasteiger charge is 2.20. The number of aromatic nitrogens is 3. The topological polar surface area (TPSA) is 62.9 Å². The molecule has 1 atom stereocenters. The van der Waals surface area contributed by atoms with Crippen molar-refractivity contribution >= 4 is 28.3 Å². The van der Waals surface area contributed by atoms with Gasteiger partial charge in [-0.25, -0.2) is 0 Å². The van der Waals surface area contributed by atoms with E-state index in [1.165, 1.54) is 11.1 Å². The van der Waals surface area contributed by atoms with Gasteiger partial charge in [0.05, 0.1) is 18.7 Å². The predicted molar refractivity (Wildman–Crippen MR) is 124 cm³/mol. The molecule has 2 aromatic heterocycles. The summed E-state index contributed by atoms with van der Waals surface area (Å²) in [6.07, 6.45) is 0.603. The highest BCUT2D eigenvalue weighted by Crippen LogP contribution is 2.29. The molecular formula is C24H26N4O2S. The van der Waals surface area contributed by atoms with Crippen LogP contribution in [0, 0.1) is 6.92 Å². The molecule has 0 spiro atoms. The lowest BCUT2D eigenvalue weighted by Gasteiger charge is -2.30. The summed E-state index contributed by atoms with van der Waals surface area (Å²) >= 11 is 1.54. The number of methoxy groups -OCH3 is 1. The zero-order valence-electron chi connectivity index (χ0n) is 17.8.